The van der Waals surface area contributed by atoms with Gasteiger partial charge in [0.1, 0.15) is 5.75 Å². The summed E-state index contributed by atoms with van der Waals surface area (Å²) in [5, 5.41) is 3.37. The van der Waals surface area contributed by atoms with Gasteiger partial charge in [0.25, 0.3) is 0 Å². The molecular formula is C11H15NO2S. The molecule has 0 aliphatic carbocycles. The van der Waals surface area contributed by atoms with Crippen LogP contribution in [0.1, 0.15) is 11.6 Å². The van der Waals surface area contributed by atoms with Crippen LogP contribution in [0.3, 0.4) is 0 Å². The van der Waals surface area contributed by atoms with Gasteiger partial charge in [-0.05, 0) is 17.7 Å². The van der Waals surface area contributed by atoms with Crippen molar-refractivity contribution in [2.75, 3.05) is 25.2 Å². The Labute approximate surface area is 92.3 Å². The number of hydrogen-bond acceptors (Lipinski definition) is 3. The van der Waals surface area contributed by atoms with Crippen LogP contribution in [0.4, 0.5) is 0 Å². The minimum Gasteiger partial charge on any atom is -0.497 e. The van der Waals surface area contributed by atoms with Crippen molar-refractivity contribution < 1.29 is 8.95 Å². The number of rotatable bonds is 2. The lowest BCUT2D eigenvalue weighted by Crippen LogP contribution is -2.36. The van der Waals surface area contributed by atoms with E-state index in [-0.39, 0.29) is 6.04 Å². The fourth-order valence-electron chi connectivity index (χ4n) is 1.75. The zero-order chi connectivity index (χ0) is 10.7. The largest absolute Gasteiger partial charge is 0.497 e. The molecule has 1 aromatic rings. The molecule has 1 aliphatic heterocycles. The van der Waals surface area contributed by atoms with Gasteiger partial charge in [-0.25, -0.2) is 0 Å². The Morgan fingerprint density at radius 3 is 3.13 bits per heavy atom. The van der Waals surface area contributed by atoms with E-state index in [0.717, 1.165) is 23.6 Å². The van der Waals surface area contributed by atoms with E-state index in [4.69, 9.17) is 4.74 Å². The monoisotopic (exact) mass is 225 g/mol. The highest BCUT2D eigenvalue weighted by atomic mass is 32.2. The molecule has 1 aromatic carbocycles. The number of nitrogens with one attached hydrogen (secondary N) is 1. The molecule has 0 aromatic heterocycles. The van der Waals surface area contributed by atoms with Crippen LogP contribution in [0.15, 0.2) is 24.3 Å². The Morgan fingerprint density at radius 2 is 2.40 bits per heavy atom. The van der Waals surface area contributed by atoms with Gasteiger partial charge in [0, 0.05) is 34.9 Å². The second kappa shape index (κ2) is 4.77. The van der Waals surface area contributed by atoms with Crippen LogP contribution < -0.4 is 10.1 Å². The minimum atomic E-state index is -0.683. The van der Waals surface area contributed by atoms with Crippen LogP contribution in [0.5, 0.6) is 5.75 Å². The van der Waals surface area contributed by atoms with E-state index in [2.05, 4.69) is 5.32 Å². The topological polar surface area (TPSA) is 38.3 Å². The predicted molar refractivity (Wildman–Crippen MR) is 61.6 cm³/mol. The van der Waals surface area contributed by atoms with Crippen LogP contribution >= 0.6 is 0 Å². The number of methoxy groups -OCH3 is 1. The van der Waals surface area contributed by atoms with Gasteiger partial charge in [0.05, 0.1) is 7.11 Å². The van der Waals surface area contributed by atoms with Crippen LogP contribution in [-0.4, -0.2) is 29.4 Å². The lowest BCUT2D eigenvalue weighted by Gasteiger charge is -2.23. The highest BCUT2D eigenvalue weighted by molar-refractivity contribution is 7.85. The zero-order valence-corrected chi connectivity index (χ0v) is 9.55. The smallest absolute Gasteiger partial charge is 0.119 e. The maximum absolute atomic E-state index is 11.4. The molecule has 1 heterocycles. The van der Waals surface area contributed by atoms with Crippen molar-refractivity contribution in [3.63, 3.8) is 0 Å². The first-order valence-electron chi connectivity index (χ1n) is 5.02. The van der Waals surface area contributed by atoms with Gasteiger partial charge < -0.3 is 10.1 Å². The Morgan fingerprint density at radius 1 is 1.53 bits per heavy atom. The first-order valence-corrected chi connectivity index (χ1v) is 6.50. The van der Waals surface area contributed by atoms with Crippen molar-refractivity contribution in [1.29, 1.82) is 0 Å². The lowest BCUT2D eigenvalue weighted by atomic mass is 10.1. The van der Waals surface area contributed by atoms with Gasteiger partial charge in [-0.3, -0.25) is 4.21 Å². The highest BCUT2D eigenvalue weighted by Gasteiger charge is 2.19. The second-order valence-electron chi connectivity index (χ2n) is 3.59. The Bertz CT molecular complexity index is 367. The fraction of sp³-hybridized carbons (Fsp3) is 0.455. The Hall–Kier alpha value is -0.870. The number of ether oxygens (including phenoxy) is 1. The summed E-state index contributed by atoms with van der Waals surface area (Å²) >= 11 is 0. The van der Waals surface area contributed by atoms with E-state index in [0.29, 0.717) is 5.75 Å². The van der Waals surface area contributed by atoms with E-state index >= 15 is 0 Å². The molecule has 0 saturated carbocycles. The highest BCUT2D eigenvalue weighted by Crippen LogP contribution is 2.21. The van der Waals surface area contributed by atoms with E-state index in [1.54, 1.807) is 7.11 Å². The molecule has 0 spiro atoms. The summed E-state index contributed by atoms with van der Waals surface area (Å²) in [6.07, 6.45) is 0. The molecule has 15 heavy (non-hydrogen) atoms. The van der Waals surface area contributed by atoms with Gasteiger partial charge >= 0.3 is 0 Å². The summed E-state index contributed by atoms with van der Waals surface area (Å²) in [6, 6.07) is 8.13. The molecule has 1 saturated heterocycles. The number of hydrogen-bond donors (Lipinski definition) is 1. The summed E-state index contributed by atoms with van der Waals surface area (Å²) in [4.78, 5) is 0. The van der Waals surface area contributed by atoms with Gasteiger partial charge in [-0.15, -0.1) is 0 Å². The normalized spacial score (nSPS) is 26.2. The molecule has 1 N–H and O–H groups in total. The molecule has 1 fully saturated rings. The molecular weight excluding hydrogens is 210 g/mol. The molecule has 0 amide bonds. The van der Waals surface area contributed by atoms with Crippen molar-refractivity contribution in [3.8, 4) is 5.75 Å². The summed E-state index contributed by atoms with van der Waals surface area (Å²) < 4.78 is 16.6. The summed E-state index contributed by atoms with van der Waals surface area (Å²) in [7, 11) is 0.976. The van der Waals surface area contributed by atoms with Crippen molar-refractivity contribution in [3.05, 3.63) is 29.8 Å². The Kier molecular flexibility index (Phi) is 3.38. The average Bonchev–Trinajstić information content (AvgIpc) is 2.29. The first kappa shape index (κ1) is 10.6. The van der Waals surface area contributed by atoms with E-state index in [1.165, 1.54) is 0 Å². The molecule has 1 aliphatic rings. The summed E-state index contributed by atoms with van der Waals surface area (Å²) in [5.41, 5.74) is 1.16. The molecule has 0 bridgehead atoms. The molecule has 2 unspecified atom stereocenters. The van der Waals surface area contributed by atoms with Gasteiger partial charge in [0.15, 0.2) is 0 Å². The van der Waals surface area contributed by atoms with Crippen molar-refractivity contribution in [1.82, 2.24) is 5.32 Å². The van der Waals surface area contributed by atoms with Crippen LogP contribution in [-0.2, 0) is 10.8 Å². The predicted octanol–water partition coefficient (Wildman–Crippen LogP) is 1.09. The first-order chi connectivity index (χ1) is 7.29. The van der Waals surface area contributed by atoms with E-state index < -0.39 is 10.8 Å². The standard InChI is InChI=1S/C11H15NO2S/c1-14-10-4-2-3-9(7-10)11-8-15(13)6-5-12-11/h2-4,7,11-12H,5-6,8H2,1H3. The molecule has 82 valence electrons. The van der Waals surface area contributed by atoms with E-state index in [9.17, 15) is 4.21 Å². The van der Waals surface area contributed by atoms with Crippen LogP contribution in [0.25, 0.3) is 0 Å². The number of benzene rings is 1. The SMILES string of the molecule is COc1cccc(C2CS(=O)CCN2)c1. The van der Waals surface area contributed by atoms with Crippen LogP contribution in [0, 0.1) is 0 Å². The third kappa shape index (κ3) is 2.58. The summed E-state index contributed by atoms with van der Waals surface area (Å²) in [6.45, 7) is 0.828. The Balaban J connectivity index is 2.17. The van der Waals surface area contributed by atoms with E-state index in [1.807, 2.05) is 24.3 Å². The molecule has 2 rings (SSSR count). The lowest BCUT2D eigenvalue weighted by molar-refractivity contribution is 0.413. The van der Waals surface area contributed by atoms with Gasteiger partial charge in [-0.2, -0.15) is 0 Å². The van der Waals surface area contributed by atoms with Crippen LogP contribution in [0.2, 0.25) is 0 Å². The maximum atomic E-state index is 11.4. The third-order valence-electron chi connectivity index (χ3n) is 2.57. The average molecular weight is 225 g/mol. The third-order valence-corrected chi connectivity index (χ3v) is 3.93. The van der Waals surface area contributed by atoms with Gasteiger partial charge in [-0.1, -0.05) is 12.1 Å². The molecule has 0 radical (unpaired) electrons. The summed E-state index contributed by atoms with van der Waals surface area (Å²) in [5.74, 6) is 2.32. The molecule has 3 nitrogen and oxygen atoms in total. The minimum absolute atomic E-state index is 0.203. The molecule has 4 heteroatoms. The quantitative estimate of drug-likeness (QED) is 0.818. The molecule has 2 atom stereocenters. The van der Waals surface area contributed by atoms with Crippen molar-refractivity contribution >= 4 is 10.8 Å². The zero-order valence-electron chi connectivity index (χ0n) is 8.73. The maximum Gasteiger partial charge on any atom is 0.119 e. The van der Waals surface area contributed by atoms with Crippen molar-refractivity contribution in [2.24, 2.45) is 0 Å². The fourth-order valence-corrected chi connectivity index (χ4v) is 2.94. The van der Waals surface area contributed by atoms with Gasteiger partial charge in [0.2, 0.25) is 0 Å². The van der Waals surface area contributed by atoms with Crippen molar-refractivity contribution in [2.45, 2.75) is 6.04 Å². The second-order valence-corrected chi connectivity index (χ2v) is 5.22.